The molecule has 1 aromatic carbocycles. The summed E-state index contributed by atoms with van der Waals surface area (Å²) < 4.78 is 47.5. The van der Waals surface area contributed by atoms with Gasteiger partial charge in [0.2, 0.25) is 5.91 Å². The number of carbonyl (C=O) groups is 1. The highest BCUT2D eigenvalue weighted by Gasteiger charge is 2.68. The topological polar surface area (TPSA) is 60.5 Å². The van der Waals surface area contributed by atoms with Crippen LogP contribution < -0.4 is 10.1 Å². The van der Waals surface area contributed by atoms with Crippen LogP contribution in [0.2, 0.25) is 0 Å². The van der Waals surface area contributed by atoms with Crippen molar-refractivity contribution < 1.29 is 28.9 Å². The van der Waals surface area contributed by atoms with E-state index in [-0.39, 0.29) is 36.9 Å². The predicted molar refractivity (Wildman–Crippen MR) is 99.3 cm³/mol. The quantitative estimate of drug-likeness (QED) is 0.823. The molecular formula is C21H21F3N2O3. The highest BCUT2D eigenvalue weighted by molar-refractivity contribution is 5.94. The van der Waals surface area contributed by atoms with E-state index in [2.05, 4.69) is 15.0 Å². The first-order valence-electron chi connectivity index (χ1n) is 9.55. The van der Waals surface area contributed by atoms with E-state index in [1.165, 1.54) is 18.2 Å². The molecule has 6 atom stereocenters. The van der Waals surface area contributed by atoms with Gasteiger partial charge in [0.1, 0.15) is 5.75 Å². The zero-order valence-electron chi connectivity index (χ0n) is 15.5. The van der Waals surface area contributed by atoms with Crippen LogP contribution in [0.4, 0.5) is 18.9 Å². The average molecular weight is 406 g/mol. The number of hydrogen-bond acceptors (Lipinski definition) is 4. The van der Waals surface area contributed by atoms with Crippen molar-refractivity contribution in [1.29, 1.82) is 0 Å². The smallest absolute Gasteiger partial charge is 0.406 e. The predicted octanol–water partition coefficient (Wildman–Crippen LogP) is 4.29. The van der Waals surface area contributed by atoms with Gasteiger partial charge in [-0.3, -0.25) is 9.78 Å². The number of nitrogens with zero attached hydrogens (tertiary/aromatic N) is 1. The summed E-state index contributed by atoms with van der Waals surface area (Å²) >= 11 is 0. The molecule has 2 aliphatic heterocycles. The summed E-state index contributed by atoms with van der Waals surface area (Å²) in [4.78, 5) is 17.4. The summed E-state index contributed by atoms with van der Waals surface area (Å²) in [6.45, 7) is 1.90. The molecule has 2 aromatic rings. The lowest BCUT2D eigenvalue weighted by atomic mass is 9.75. The first kappa shape index (κ1) is 18.4. The van der Waals surface area contributed by atoms with Gasteiger partial charge in [0.15, 0.2) is 0 Å². The fraction of sp³-hybridized carbons (Fsp3) is 0.429. The maximum atomic E-state index is 13.2. The second-order valence-corrected chi connectivity index (χ2v) is 7.98. The van der Waals surface area contributed by atoms with E-state index in [1.54, 1.807) is 12.3 Å². The van der Waals surface area contributed by atoms with Gasteiger partial charge in [-0.15, -0.1) is 13.2 Å². The van der Waals surface area contributed by atoms with E-state index >= 15 is 0 Å². The molecule has 29 heavy (non-hydrogen) atoms. The number of amides is 1. The van der Waals surface area contributed by atoms with Crippen molar-refractivity contribution in [1.82, 2.24) is 4.98 Å². The Morgan fingerprint density at radius 3 is 2.79 bits per heavy atom. The van der Waals surface area contributed by atoms with Gasteiger partial charge in [-0.05, 0) is 55.0 Å². The SMILES string of the molecule is Cc1cc([C@@H]2[C@@H](C(=O)Nc3cccc(OC(F)(F)F)c3)[C@@H]3O[C@H]2C2CC23)ccn1.[HH]. The van der Waals surface area contributed by atoms with E-state index in [0.29, 0.717) is 11.8 Å². The van der Waals surface area contributed by atoms with Gasteiger partial charge in [-0.2, -0.15) is 0 Å². The number of nitrogens with one attached hydrogen (secondary N) is 1. The zero-order chi connectivity index (χ0) is 20.3. The summed E-state index contributed by atoms with van der Waals surface area (Å²) in [6, 6.07) is 9.21. The molecule has 5 nitrogen and oxygen atoms in total. The minimum absolute atomic E-state index is 0. The fourth-order valence-electron chi connectivity index (χ4n) is 4.97. The second-order valence-electron chi connectivity index (χ2n) is 7.98. The molecule has 0 radical (unpaired) electrons. The third-order valence-electron chi connectivity index (χ3n) is 6.09. The molecule has 3 heterocycles. The van der Waals surface area contributed by atoms with Gasteiger partial charge in [-0.25, -0.2) is 0 Å². The van der Waals surface area contributed by atoms with Crippen LogP contribution in [0.15, 0.2) is 42.6 Å². The van der Waals surface area contributed by atoms with Crippen LogP contribution in [0, 0.1) is 24.7 Å². The number of fused-ring (bicyclic) bond motifs is 5. The normalized spacial score (nSPS) is 32.0. The van der Waals surface area contributed by atoms with Crippen LogP contribution in [0.3, 0.4) is 0 Å². The molecule has 8 heteroatoms. The van der Waals surface area contributed by atoms with Gasteiger partial charge < -0.3 is 14.8 Å². The van der Waals surface area contributed by atoms with Crippen molar-refractivity contribution in [3.8, 4) is 5.75 Å². The van der Waals surface area contributed by atoms with Gasteiger partial charge >= 0.3 is 6.36 Å². The van der Waals surface area contributed by atoms with Crippen LogP contribution in [0.25, 0.3) is 0 Å². The Labute approximate surface area is 166 Å². The molecule has 1 N–H and O–H groups in total. The van der Waals surface area contributed by atoms with Crippen LogP contribution >= 0.6 is 0 Å². The van der Waals surface area contributed by atoms with E-state index in [9.17, 15) is 18.0 Å². The van der Waals surface area contributed by atoms with Crippen molar-refractivity contribution in [2.24, 2.45) is 17.8 Å². The number of halogens is 3. The average Bonchev–Trinajstić information content (AvgIpc) is 3.25. The number of pyridine rings is 1. The number of benzene rings is 1. The third-order valence-corrected chi connectivity index (χ3v) is 6.09. The first-order chi connectivity index (χ1) is 13.8. The van der Waals surface area contributed by atoms with Crippen LogP contribution in [0.5, 0.6) is 5.75 Å². The Kier molecular flexibility index (Phi) is 4.10. The zero-order valence-corrected chi connectivity index (χ0v) is 15.5. The molecule has 2 bridgehead atoms. The highest BCUT2D eigenvalue weighted by atomic mass is 19.4. The summed E-state index contributed by atoms with van der Waals surface area (Å²) in [7, 11) is 0. The Morgan fingerprint density at radius 2 is 2.03 bits per heavy atom. The van der Waals surface area contributed by atoms with E-state index in [1.807, 2.05) is 19.1 Å². The van der Waals surface area contributed by atoms with E-state index in [0.717, 1.165) is 17.7 Å². The van der Waals surface area contributed by atoms with Crippen LogP contribution in [-0.2, 0) is 9.53 Å². The molecule has 1 aliphatic carbocycles. The summed E-state index contributed by atoms with van der Waals surface area (Å²) in [5, 5.41) is 2.77. The molecule has 1 saturated carbocycles. The number of hydrogen-bond donors (Lipinski definition) is 1. The number of aromatic nitrogens is 1. The summed E-state index contributed by atoms with van der Waals surface area (Å²) in [5.41, 5.74) is 2.15. The molecule has 3 fully saturated rings. The lowest BCUT2D eigenvalue weighted by Gasteiger charge is -2.27. The van der Waals surface area contributed by atoms with Crippen molar-refractivity contribution in [3.05, 3.63) is 53.9 Å². The maximum absolute atomic E-state index is 13.2. The molecule has 5 rings (SSSR count). The lowest BCUT2D eigenvalue weighted by molar-refractivity contribution is -0.274. The summed E-state index contributed by atoms with van der Waals surface area (Å²) in [5.74, 6) is -0.201. The first-order valence-corrected chi connectivity index (χ1v) is 9.55. The lowest BCUT2D eigenvalue weighted by Crippen LogP contribution is -2.37. The Morgan fingerprint density at radius 1 is 1.24 bits per heavy atom. The molecule has 3 aliphatic rings. The monoisotopic (exact) mass is 406 g/mol. The Hall–Kier alpha value is -2.61. The number of alkyl halides is 3. The van der Waals surface area contributed by atoms with Crippen molar-refractivity contribution in [2.75, 3.05) is 5.32 Å². The molecule has 2 unspecified atom stereocenters. The summed E-state index contributed by atoms with van der Waals surface area (Å²) in [6.07, 6.45) is -2.14. The van der Waals surface area contributed by atoms with Crippen molar-refractivity contribution in [2.45, 2.75) is 37.8 Å². The van der Waals surface area contributed by atoms with E-state index in [4.69, 9.17) is 4.74 Å². The van der Waals surface area contributed by atoms with Gasteiger partial charge in [0.05, 0.1) is 18.1 Å². The van der Waals surface area contributed by atoms with Crippen LogP contribution in [-0.4, -0.2) is 29.5 Å². The minimum atomic E-state index is -4.79. The maximum Gasteiger partial charge on any atom is 0.573 e. The Balaban J connectivity index is 0.00000218. The van der Waals surface area contributed by atoms with Crippen LogP contribution in [0.1, 0.15) is 25.0 Å². The number of ether oxygens (including phenoxy) is 2. The largest absolute Gasteiger partial charge is 0.573 e. The number of anilines is 1. The van der Waals surface area contributed by atoms with Gasteiger partial charge in [0, 0.05) is 31.0 Å². The molecule has 1 aromatic heterocycles. The van der Waals surface area contributed by atoms with Crippen molar-refractivity contribution in [3.63, 3.8) is 0 Å². The standard InChI is InChI=1S/C21H19F3N2O3.H2/c1-10-7-11(5-6-25-10)16-17(19-15-9-14(15)18(16)28-19)20(27)26-12-3-2-4-13(8-12)29-21(22,23)24;/h2-8,14-19H,9H2,1H3,(H,26,27);1H/t14?,15?,16-,17-,18+,19-;/m1./s1. The third kappa shape index (κ3) is 3.35. The molecule has 2 saturated heterocycles. The fourth-order valence-corrected chi connectivity index (χ4v) is 4.97. The Bertz CT molecular complexity index is 971. The highest BCUT2D eigenvalue weighted by Crippen LogP contribution is 2.65. The molecular weight excluding hydrogens is 385 g/mol. The molecule has 0 spiro atoms. The number of carbonyl (C=O) groups excluding carboxylic acids is 1. The van der Waals surface area contributed by atoms with Crippen molar-refractivity contribution >= 4 is 11.6 Å². The van der Waals surface area contributed by atoms with Gasteiger partial charge in [0.25, 0.3) is 0 Å². The van der Waals surface area contributed by atoms with E-state index < -0.39 is 12.3 Å². The van der Waals surface area contributed by atoms with Gasteiger partial charge in [-0.1, -0.05) is 6.07 Å². The number of aryl methyl sites for hydroxylation is 1. The minimum Gasteiger partial charge on any atom is -0.406 e. The molecule has 154 valence electrons. The molecule has 1 amide bonds. The second kappa shape index (κ2) is 6.45. The number of rotatable bonds is 4.